The van der Waals surface area contributed by atoms with Gasteiger partial charge in [-0.1, -0.05) is 69.3 Å². The third-order valence-corrected chi connectivity index (χ3v) is 14.2. The van der Waals surface area contributed by atoms with E-state index in [0.29, 0.717) is 38.9 Å². The van der Waals surface area contributed by atoms with Gasteiger partial charge in [-0.3, -0.25) is 19.3 Å². The molecule has 0 saturated carbocycles. The number of thiazole rings is 1. The van der Waals surface area contributed by atoms with E-state index >= 15 is 13.2 Å². The second-order valence-electron chi connectivity index (χ2n) is 20.5. The highest BCUT2D eigenvalue weighted by Gasteiger charge is 2.45. The van der Waals surface area contributed by atoms with E-state index < -0.39 is 58.8 Å². The number of nitrogens with one attached hydrogen (secondary N) is 2. The molecule has 3 aromatic carbocycles. The van der Waals surface area contributed by atoms with Gasteiger partial charge in [-0.05, 0) is 98.6 Å². The van der Waals surface area contributed by atoms with Crippen LogP contribution in [0, 0.1) is 24.0 Å². The van der Waals surface area contributed by atoms with E-state index in [-0.39, 0.29) is 69.1 Å². The minimum Gasteiger partial charge on any atom is -0.491 e. The predicted octanol–water partition coefficient (Wildman–Crippen LogP) is 8.68. The van der Waals surface area contributed by atoms with Gasteiger partial charge in [-0.2, -0.15) is 0 Å². The molecule has 4 aromatic rings. The molecule has 70 heavy (non-hydrogen) atoms. The number of ether oxygens (including phenoxy) is 3. The number of alkyl halides is 1. The molecule has 3 amide bonds. The zero-order valence-electron chi connectivity index (χ0n) is 41.4. The molecule has 7 rings (SSSR count). The Morgan fingerprint density at radius 2 is 1.64 bits per heavy atom. The van der Waals surface area contributed by atoms with Gasteiger partial charge in [0.1, 0.15) is 48.4 Å². The lowest BCUT2D eigenvalue weighted by molar-refractivity contribution is -0.144. The number of β-amino-alcohol motifs (C(OH)–C–C–N with tert-alkyl or cyclic N) is 1. The second-order valence-corrected chi connectivity index (χ2v) is 21.4. The molecule has 12 nitrogen and oxygen atoms in total. The number of aryl methyl sites for hydroxylation is 1. The minimum absolute atomic E-state index is 0.0250. The number of fused-ring (bicyclic) bond motifs is 2. The van der Waals surface area contributed by atoms with Crippen LogP contribution < -0.4 is 15.4 Å². The summed E-state index contributed by atoms with van der Waals surface area (Å²) in [5, 5.41) is 16.3. The molecule has 3 aliphatic rings. The Kier molecular flexibility index (Phi) is 17.3. The third kappa shape index (κ3) is 13.0. The number of hydrogen-bond acceptors (Lipinski definition) is 10. The monoisotopic (exact) mass is 987 g/mol. The van der Waals surface area contributed by atoms with Crippen LogP contribution >= 0.6 is 11.3 Å². The molecule has 0 radical (unpaired) electrons. The first-order valence-electron chi connectivity index (χ1n) is 24.4. The molecule has 0 unspecified atom stereocenters. The molecule has 1 saturated heterocycles. The Morgan fingerprint density at radius 1 is 0.943 bits per heavy atom. The van der Waals surface area contributed by atoms with Gasteiger partial charge in [0.05, 0.1) is 34.8 Å². The maximum atomic E-state index is 16.0. The van der Waals surface area contributed by atoms with Crippen molar-refractivity contribution in [3.8, 4) is 16.2 Å². The SMILES string of the molecule is Cc1ncsc1-c1ccc(CNC(=O)[C@@H]2C[C@@H](O)CN2C(=O)[C@@H](NC(=O)COCCCCCOCCOc2cc(F)c([C@@H]3C4=C(C[C@@H](C)N3CC(C)(C)F)c3ccccc3C4)c(F)c2)C(C)(C)C)cc1. The van der Waals surface area contributed by atoms with E-state index in [2.05, 4.69) is 15.6 Å². The van der Waals surface area contributed by atoms with Gasteiger partial charge in [-0.25, -0.2) is 18.2 Å². The maximum absolute atomic E-state index is 16.0. The minimum atomic E-state index is -1.58. The van der Waals surface area contributed by atoms with Crippen molar-refractivity contribution in [3.63, 3.8) is 0 Å². The number of halogens is 3. The highest BCUT2D eigenvalue weighted by Crippen LogP contribution is 2.50. The molecular weight excluding hydrogens is 920 g/mol. The molecule has 1 aliphatic carbocycles. The van der Waals surface area contributed by atoms with Crippen LogP contribution in [0.1, 0.15) is 108 Å². The number of hydrogen-bond donors (Lipinski definition) is 3. The van der Waals surface area contributed by atoms with Gasteiger partial charge in [0, 0.05) is 63.0 Å². The van der Waals surface area contributed by atoms with Gasteiger partial charge in [-0.15, -0.1) is 11.3 Å². The average molecular weight is 988 g/mol. The molecule has 1 aromatic heterocycles. The highest BCUT2D eigenvalue weighted by atomic mass is 32.1. The molecule has 2 aliphatic heterocycles. The fraction of sp³-hybridized carbons (Fsp3) is 0.519. The van der Waals surface area contributed by atoms with Gasteiger partial charge in [0.2, 0.25) is 17.7 Å². The Bertz CT molecular complexity index is 2480. The summed E-state index contributed by atoms with van der Waals surface area (Å²) >= 11 is 1.57. The summed E-state index contributed by atoms with van der Waals surface area (Å²) in [7, 11) is 0. The second kappa shape index (κ2) is 23.0. The quantitative estimate of drug-likeness (QED) is 0.0700. The summed E-state index contributed by atoms with van der Waals surface area (Å²) in [6.07, 6.45) is 2.54. The summed E-state index contributed by atoms with van der Waals surface area (Å²) in [5.41, 5.74) is 6.51. The number of carbonyl (C=O) groups is 3. The topological polar surface area (TPSA) is 143 Å². The standard InChI is InChI=1S/C54H68F3N5O7S/c1-33-23-41-40-14-10-9-13-37(40)24-42(41)48(62(33)31-54(6,7)57)47-43(55)26-39(27-44(47)56)69-22-21-67-19-11-8-12-20-68-30-46(64)60-50(53(3,4)5)52(66)61-29-38(63)25-45(61)51(65)58-28-35-15-17-36(18-16-35)49-34(2)59-32-70-49/h9-10,13-18,26-27,32-33,38,45,48,50,63H,8,11-12,19-25,28-31H2,1-7H3,(H,58,65)(H,60,64)/t33-,38-,45+,48+,50-/m1/s1. The van der Waals surface area contributed by atoms with Crippen LogP contribution in [0.2, 0.25) is 0 Å². The number of aromatic nitrogens is 1. The molecule has 378 valence electrons. The highest BCUT2D eigenvalue weighted by molar-refractivity contribution is 7.13. The summed E-state index contributed by atoms with van der Waals surface area (Å²) in [6, 6.07) is 15.5. The molecule has 0 spiro atoms. The van der Waals surface area contributed by atoms with E-state index in [1.165, 1.54) is 30.9 Å². The summed E-state index contributed by atoms with van der Waals surface area (Å²) < 4.78 is 64.3. The van der Waals surface area contributed by atoms with Gasteiger partial charge in [0.15, 0.2) is 0 Å². The fourth-order valence-electron chi connectivity index (χ4n) is 9.80. The van der Waals surface area contributed by atoms with E-state index in [0.717, 1.165) is 50.4 Å². The number of carbonyl (C=O) groups excluding carboxylic acids is 3. The summed E-state index contributed by atoms with van der Waals surface area (Å²) in [4.78, 5) is 49.1. The van der Waals surface area contributed by atoms with Crippen molar-refractivity contribution in [2.75, 3.05) is 46.1 Å². The molecular formula is C54H68F3N5O7S. The normalized spacial score (nSPS) is 19.8. The third-order valence-electron chi connectivity index (χ3n) is 13.2. The van der Waals surface area contributed by atoms with Crippen LogP contribution in [-0.2, 0) is 36.8 Å². The molecule has 5 atom stereocenters. The number of likely N-dealkylation sites (tertiary alicyclic amines) is 1. The number of benzene rings is 3. The Morgan fingerprint density at radius 3 is 2.31 bits per heavy atom. The first kappa shape index (κ1) is 52.7. The molecule has 16 heteroatoms. The van der Waals surface area contributed by atoms with Crippen LogP contribution in [-0.4, -0.2) is 114 Å². The lowest BCUT2D eigenvalue weighted by Gasteiger charge is -2.44. The van der Waals surface area contributed by atoms with E-state index in [4.69, 9.17) is 14.2 Å². The van der Waals surface area contributed by atoms with Crippen molar-refractivity contribution in [2.45, 2.75) is 129 Å². The number of aliphatic hydroxyl groups is 1. The van der Waals surface area contributed by atoms with Crippen molar-refractivity contribution in [2.24, 2.45) is 5.41 Å². The number of amides is 3. The van der Waals surface area contributed by atoms with Crippen LogP contribution in [0.4, 0.5) is 13.2 Å². The van der Waals surface area contributed by atoms with Crippen molar-refractivity contribution < 1.29 is 46.9 Å². The van der Waals surface area contributed by atoms with Crippen molar-refractivity contribution in [3.05, 3.63) is 111 Å². The van der Waals surface area contributed by atoms with Gasteiger partial charge in [0.25, 0.3) is 0 Å². The Balaban J connectivity index is 0.804. The fourth-order valence-corrected chi connectivity index (χ4v) is 10.6. The van der Waals surface area contributed by atoms with Crippen LogP contribution in [0.25, 0.3) is 16.0 Å². The number of aliphatic hydroxyl groups excluding tert-OH is 1. The largest absolute Gasteiger partial charge is 0.491 e. The maximum Gasteiger partial charge on any atom is 0.246 e. The van der Waals surface area contributed by atoms with Crippen LogP contribution in [0.3, 0.4) is 0 Å². The van der Waals surface area contributed by atoms with Gasteiger partial charge >= 0.3 is 0 Å². The number of unbranched alkanes of at least 4 members (excludes halogenated alkanes) is 2. The summed E-state index contributed by atoms with van der Waals surface area (Å²) in [6.45, 7) is 13.4. The Labute approximate surface area is 414 Å². The number of nitrogens with zero attached hydrogens (tertiary/aromatic N) is 3. The van der Waals surface area contributed by atoms with Crippen molar-refractivity contribution >= 4 is 34.6 Å². The van der Waals surface area contributed by atoms with E-state index in [9.17, 15) is 19.5 Å². The first-order valence-corrected chi connectivity index (χ1v) is 25.2. The smallest absolute Gasteiger partial charge is 0.246 e. The van der Waals surface area contributed by atoms with Crippen LogP contribution in [0.5, 0.6) is 5.75 Å². The zero-order valence-corrected chi connectivity index (χ0v) is 42.2. The zero-order chi connectivity index (χ0) is 50.3. The first-order chi connectivity index (χ1) is 33.3. The Hall–Kier alpha value is -5.13. The molecule has 0 bridgehead atoms. The predicted molar refractivity (Wildman–Crippen MR) is 265 cm³/mol. The van der Waals surface area contributed by atoms with E-state index in [1.54, 1.807) is 16.8 Å². The average Bonchev–Trinajstić information content (AvgIpc) is 4.02. The number of rotatable bonds is 21. The van der Waals surface area contributed by atoms with Crippen LogP contribution in [0.15, 0.2) is 71.7 Å². The lowest BCUT2D eigenvalue weighted by atomic mass is 9.84. The summed E-state index contributed by atoms with van der Waals surface area (Å²) in [5.74, 6) is -2.73. The lowest BCUT2D eigenvalue weighted by Crippen LogP contribution is -2.58. The molecule has 3 N–H and O–H groups in total. The van der Waals surface area contributed by atoms with Gasteiger partial charge < -0.3 is 34.9 Å². The molecule has 3 heterocycles. The van der Waals surface area contributed by atoms with Crippen molar-refractivity contribution in [1.29, 1.82) is 0 Å². The van der Waals surface area contributed by atoms with Crippen molar-refractivity contribution in [1.82, 2.24) is 25.4 Å². The van der Waals surface area contributed by atoms with E-state index in [1.807, 2.05) is 88.0 Å². The molecule has 1 fully saturated rings.